The summed E-state index contributed by atoms with van der Waals surface area (Å²) in [7, 11) is 0. The first-order valence-electron chi connectivity index (χ1n) is 7.02. The van der Waals surface area contributed by atoms with E-state index in [1.165, 1.54) is 0 Å². The van der Waals surface area contributed by atoms with Gasteiger partial charge in [-0.2, -0.15) is 0 Å². The van der Waals surface area contributed by atoms with Crippen LogP contribution in [0, 0.1) is 0 Å². The molecule has 0 aliphatic carbocycles. The summed E-state index contributed by atoms with van der Waals surface area (Å²) in [5.41, 5.74) is 2.22. The number of carbonyl (C=O) groups excluding carboxylic acids is 1. The monoisotopic (exact) mass is 310 g/mol. The van der Waals surface area contributed by atoms with Gasteiger partial charge in [0.25, 0.3) is 0 Å². The highest BCUT2D eigenvalue weighted by Crippen LogP contribution is 2.29. The Kier molecular flexibility index (Phi) is 3.97. The van der Waals surface area contributed by atoms with Gasteiger partial charge in [-0.05, 0) is 50.3 Å². The summed E-state index contributed by atoms with van der Waals surface area (Å²) in [5.74, 6) is 0. The molecule has 3 heteroatoms. The Balaban J connectivity index is 2.20. The van der Waals surface area contributed by atoms with E-state index in [9.17, 15) is 9.90 Å². The molecule has 0 heterocycles. The van der Waals surface area contributed by atoms with Gasteiger partial charge in [-0.1, -0.05) is 49.0 Å². The molecule has 3 aromatic carbocycles. The lowest BCUT2D eigenvalue weighted by Gasteiger charge is -2.11. The number of benzene rings is 3. The molecule has 3 aromatic rings. The highest BCUT2D eigenvalue weighted by atomic mass is 35.5. The van der Waals surface area contributed by atoms with E-state index in [0.717, 1.165) is 32.7 Å². The fraction of sp³-hybridized carbons (Fsp3) is 0.105. The second-order valence-electron chi connectivity index (χ2n) is 5.34. The maximum absolute atomic E-state index is 11.1. The number of aliphatic hydroxyl groups excluding tert-OH is 1. The van der Waals surface area contributed by atoms with Gasteiger partial charge >= 0.3 is 0 Å². The van der Waals surface area contributed by atoms with Crippen LogP contribution < -0.4 is 0 Å². The number of carbonyl (C=O) groups is 1. The number of hydrogen-bond acceptors (Lipinski definition) is 2. The third-order valence-corrected chi connectivity index (χ3v) is 4.16. The normalized spacial score (nSPS) is 11.0. The molecule has 0 saturated heterocycles. The standard InChI is InChI=1S/C19H15ClO2/c1-12(19(20)22)8-13-6-7-15-10-14-4-2-3-5-16(14)18(11-21)17(15)9-13/h2-7,9-10,21H,1,8,11H2. The molecule has 0 unspecified atom stereocenters. The molecule has 0 atom stereocenters. The van der Waals surface area contributed by atoms with Crippen LogP contribution in [0.1, 0.15) is 11.1 Å². The molecule has 0 saturated carbocycles. The largest absolute Gasteiger partial charge is 0.392 e. The molecular weight excluding hydrogens is 296 g/mol. The lowest BCUT2D eigenvalue weighted by Crippen LogP contribution is -1.97. The number of halogens is 1. The topological polar surface area (TPSA) is 37.3 Å². The molecule has 0 spiro atoms. The zero-order chi connectivity index (χ0) is 15.7. The van der Waals surface area contributed by atoms with E-state index in [0.29, 0.717) is 12.0 Å². The van der Waals surface area contributed by atoms with Gasteiger partial charge in [0.05, 0.1) is 6.61 Å². The molecule has 110 valence electrons. The summed E-state index contributed by atoms with van der Waals surface area (Å²) in [5, 5.41) is 13.5. The van der Waals surface area contributed by atoms with Gasteiger partial charge < -0.3 is 5.11 Å². The lowest BCUT2D eigenvalue weighted by atomic mass is 9.94. The van der Waals surface area contributed by atoms with Crippen molar-refractivity contribution in [1.29, 1.82) is 0 Å². The Hall–Kier alpha value is -2.16. The maximum atomic E-state index is 11.1. The Labute approximate surface area is 133 Å². The highest BCUT2D eigenvalue weighted by molar-refractivity contribution is 6.67. The molecule has 0 aromatic heterocycles. The van der Waals surface area contributed by atoms with Crippen molar-refractivity contribution in [2.45, 2.75) is 13.0 Å². The smallest absolute Gasteiger partial charge is 0.248 e. The number of rotatable bonds is 4. The Bertz CT molecular complexity index is 896. The molecule has 0 aliphatic heterocycles. The number of allylic oxidation sites excluding steroid dienone is 1. The minimum atomic E-state index is -0.513. The first kappa shape index (κ1) is 14.8. The first-order chi connectivity index (χ1) is 10.6. The molecule has 0 radical (unpaired) electrons. The Morgan fingerprint density at radius 3 is 2.50 bits per heavy atom. The van der Waals surface area contributed by atoms with Crippen LogP contribution in [0.5, 0.6) is 0 Å². The zero-order valence-corrected chi connectivity index (χ0v) is 12.7. The molecule has 1 N–H and O–H groups in total. The average molecular weight is 311 g/mol. The summed E-state index contributed by atoms with van der Waals surface area (Å²) in [4.78, 5) is 11.1. The van der Waals surface area contributed by atoms with Crippen LogP contribution >= 0.6 is 11.6 Å². The molecule has 0 fully saturated rings. The van der Waals surface area contributed by atoms with E-state index in [1.807, 2.05) is 42.5 Å². The van der Waals surface area contributed by atoms with Crippen molar-refractivity contribution in [3.8, 4) is 0 Å². The number of hydrogen-bond donors (Lipinski definition) is 1. The van der Waals surface area contributed by atoms with Crippen molar-refractivity contribution in [2.24, 2.45) is 0 Å². The van der Waals surface area contributed by atoms with Gasteiger partial charge in [-0.25, -0.2) is 0 Å². The van der Waals surface area contributed by atoms with Crippen LogP contribution in [-0.2, 0) is 17.8 Å². The third kappa shape index (κ3) is 2.63. The lowest BCUT2D eigenvalue weighted by molar-refractivity contribution is -0.108. The minimum Gasteiger partial charge on any atom is -0.392 e. The second-order valence-corrected chi connectivity index (χ2v) is 5.69. The fourth-order valence-electron chi connectivity index (χ4n) is 2.80. The van der Waals surface area contributed by atoms with Gasteiger partial charge in [0.2, 0.25) is 5.24 Å². The fourth-order valence-corrected chi connectivity index (χ4v) is 2.86. The van der Waals surface area contributed by atoms with Crippen molar-refractivity contribution in [3.63, 3.8) is 0 Å². The van der Waals surface area contributed by atoms with Crippen LogP contribution in [0.25, 0.3) is 21.5 Å². The minimum absolute atomic E-state index is 0.0311. The van der Waals surface area contributed by atoms with E-state index in [-0.39, 0.29) is 6.61 Å². The predicted octanol–water partition coefficient (Wildman–Crippen LogP) is 4.35. The molecule has 2 nitrogen and oxygen atoms in total. The van der Waals surface area contributed by atoms with Crippen molar-refractivity contribution in [1.82, 2.24) is 0 Å². The van der Waals surface area contributed by atoms with Crippen LogP contribution in [0.15, 0.2) is 60.7 Å². The summed E-state index contributed by atoms with van der Waals surface area (Å²) in [6.07, 6.45) is 0.413. The molecule has 0 amide bonds. The quantitative estimate of drug-likeness (QED) is 0.442. The highest BCUT2D eigenvalue weighted by Gasteiger charge is 2.09. The predicted molar refractivity (Wildman–Crippen MR) is 91.1 cm³/mol. The van der Waals surface area contributed by atoms with Gasteiger partial charge in [0, 0.05) is 12.0 Å². The van der Waals surface area contributed by atoms with E-state index in [2.05, 4.69) is 12.6 Å². The third-order valence-electron chi connectivity index (χ3n) is 3.89. The molecular formula is C19H15ClO2. The van der Waals surface area contributed by atoms with E-state index < -0.39 is 5.24 Å². The van der Waals surface area contributed by atoms with Crippen LogP contribution in [0.3, 0.4) is 0 Å². The summed E-state index contributed by atoms with van der Waals surface area (Å²) < 4.78 is 0. The summed E-state index contributed by atoms with van der Waals surface area (Å²) in [6, 6.07) is 16.1. The van der Waals surface area contributed by atoms with Gasteiger partial charge in [0.15, 0.2) is 0 Å². The van der Waals surface area contributed by atoms with E-state index in [1.54, 1.807) is 0 Å². The van der Waals surface area contributed by atoms with Crippen molar-refractivity contribution >= 4 is 38.4 Å². The van der Waals surface area contributed by atoms with Crippen LogP contribution in [-0.4, -0.2) is 10.3 Å². The van der Waals surface area contributed by atoms with Crippen molar-refractivity contribution in [2.75, 3.05) is 0 Å². The van der Waals surface area contributed by atoms with Crippen molar-refractivity contribution < 1.29 is 9.90 Å². The van der Waals surface area contributed by atoms with Crippen molar-refractivity contribution in [3.05, 3.63) is 71.8 Å². The van der Waals surface area contributed by atoms with Gasteiger partial charge in [0.1, 0.15) is 0 Å². The molecule has 0 aliphatic rings. The zero-order valence-electron chi connectivity index (χ0n) is 12.0. The first-order valence-corrected chi connectivity index (χ1v) is 7.39. The molecule has 22 heavy (non-hydrogen) atoms. The number of fused-ring (bicyclic) bond motifs is 2. The maximum Gasteiger partial charge on any atom is 0.248 e. The number of aliphatic hydroxyl groups is 1. The Morgan fingerprint density at radius 1 is 1.05 bits per heavy atom. The van der Waals surface area contributed by atoms with Gasteiger partial charge in [-0.15, -0.1) is 0 Å². The van der Waals surface area contributed by atoms with E-state index in [4.69, 9.17) is 11.6 Å². The van der Waals surface area contributed by atoms with Crippen LogP contribution in [0.4, 0.5) is 0 Å². The van der Waals surface area contributed by atoms with E-state index >= 15 is 0 Å². The average Bonchev–Trinajstić information content (AvgIpc) is 2.52. The van der Waals surface area contributed by atoms with Crippen LogP contribution in [0.2, 0.25) is 0 Å². The van der Waals surface area contributed by atoms with Gasteiger partial charge in [-0.3, -0.25) is 4.79 Å². The molecule has 0 bridgehead atoms. The SMILES string of the molecule is C=C(Cc1ccc2cc3ccccc3c(CO)c2c1)C(=O)Cl. The summed E-state index contributed by atoms with van der Waals surface area (Å²) >= 11 is 5.45. The molecule has 3 rings (SSSR count). The Morgan fingerprint density at radius 2 is 1.77 bits per heavy atom. The summed E-state index contributed by atoms with van der Waals surface area (Å²) in [6.45, 7) is 3.66. The second kappa shape index (κ2) is 5.91.